The summed E-state index contributed by atoms with van der Waals surface area (Å²) in [6, 6.07) is 0.842. The molecule has 2 heteroatoms. The van der Waals surface area contributed by atoms with E-state index in [4.69, 9.17) is 5.11 Å². The minimum Gasteiger partial charge on any atom is -0.396 e. The van der Waals surface area contributed by atoms with Crippen molar-refractivity contribution in [2.75, 3.05) is 19.7 Å². The van der Waals surface area contributed by atoms with Crippen LogP contribution >= 0.6 is 0 Å². The van der Waals surface area contributed by atoms with Crippen molar-refractivity contribution in [2.24, 2.45) is 17.8 Å². The van der Waals surface area contributed by atoms with Gasteiger partial charge in [-0.15, -0.1) is 0 Å². The molecule has 0 aromatic rings. The number of hydrogen-bond donors (Lipinski definition) is 1. The van der Waals surface area contributed by atoms with Crippen LogP contribution < -0.4 is 0 Å². The highest BCUT2D eigenvalue weighted by Crippen LogP contribution is 2.34. The molecule has 1 aliphatic carbocycles. The van der Waals surface area contributed by atoms with Gasteiger partial charge in [0.2, 0.25) is 0 Å². The summed E-state index contributed by atoms with van der Waals surface area (Å²) in [5.74, 6) is 2.59. The van der Waals surface area contributed by atoms with Gasteiger partial charge in [0, 0.05) is 19.2 Å². The van der Waals surface area contributed by atoms with Crippen LogP contribution in [0.3, 0.4) is 0 Å². The Morgan fingerprint density at radius 2 is 1.94 bits per heavy atom. The minimum absolute atomic E-state index is 0.372. The third-order valence-electron chi connectivity index (χ3n) is 4.94. The Bertz CT molecular complexity index is 219. The standard InChI is InChI=1S/C14H27NO/c1-11-3-4-14(9-12(11)2)15-7-5-13(10-15)6-8-16/h11-14,16H,3-10H2,1-2H3. The summed E-state index contributed by atoms with van der Waals surface area (Å²) in [7, 11) is 0. The van der Waals surface area contributed by atoms with Crippen molar-refractivity contribution in [2.45, 2.75) is 52.0 Å². The van der Waals surface area contributed by atoms with E-state index in [-0.39, 0.29) is 0 Å². The maximum Gasteiger partial charge on any atom is 0.0434 e. The van der Waals surface area contributed by atoms with Gasteiger partial charge in [-0.2, -0.15) is 0 Å². The van der Waals surface area contributed by atoms with Crippen LogP contribution in [-0.2, 0) is 0 Å². The molecule has 16 heavy (non-hydrogen) atoms. The van der Waals surface area contributed by atoms with Crippen molar-refractivity contribution in [1.29, 1.82) is 0 Å². The third kappa shape index (κ3) is 2.78. The molecule has 0 aromatic heterocycles. The Balaban J connectivity index is 1.81. The first kappa shape index (κ1) is 12.4. The number of rotatable bonds is 3. The quantitative estimate of drug-likeness (QED) is 0.798. The molecular weight excluding hydrogens is 198 g/mol. The van der Waals surface area contributed by atoms with Gasteiger partial charge in [-0.1, -0.05) is 13.8 Å². The van der Waals surface area contributed by atoms with Crippen molar-refractivity contribution in [3.05, 3.63) is 0 Å². The van der Waals surface area contributed by atoms with Gasteiger partial charge in [0.15, 0.2) is 0 Å². The molecule has 1 aliphatic heterocycles. The molecule has 4 atom stereocenters. The molecule has 1 N–H and O–H groups in total. The number of nitrogens with zero attached hydrogens (tertiary/aromatic N) is 1. The summed E-state index contributed by atoms with van der Waals surface area (Å²) in [6.07, 6.45) is 6.52. The molecule has 1 heterocycles. The van der Waals surface area contributed by atoms with Gasteiger partial charge in [0.25, 0.3) is 0 Å². The van der Waals surface area contributed by atoms with Crippen LogP contribution in [0.5, 0.6) is 0 Å². The highest BCUT2D eigenvalue weighted by molar-refractivity contribution is 4.86. The lowest BCUT2D eigenvalue weighted by molar-refractivity contribution is 0.125. The number of likely N-dealkylation sites (tertiary alicyclic amines) is 1. The Labute approximate surface area is 100 Å². The van der Waals surface area contributed by atoms with Gasteiger partial charge < -0.3 is 10.0 Å². The van der Waals surface area contributed by atoms with E-state index in [2.05, 4.69) is 18.7 Å². The second-order valence-corrected chi connectivity index (χ2v) is 6.08. The van der Waals surface area contributed by atoms with Crippen LogP contribution in [0.15, 0.2) is 0 Å². The van der Waals surface area contributed by atoms with Crippen LogP contribution in [0.1, 0.15) is 46.0 Å². The molecule has 1 saturated heterocycles. The van der Waals surface area contributed by atoms with Crippen molar-refractivity contribution < 1.29 is 5.11 Å². The Hall–Kier alpha value is -0.0800. The molecule has 94 valence electrons. The average molecular weight is 225 g/mol. The van der Waals surface area contributed by atoms with Crippen LogP contribution in [0, 0.1) is 17.8 Å². The van der Waals surface area contributed by atoms with E-state index in [1.165, 1.54) is 38.8 Å². The largest absolute Gasteiger partial charge is 0.396 e. The van der Waals surface area contributed by atoms with E-state index >= 15 is 0 Å². The molecule has 0 amide bonds. The maximum absolute atomic E-state index is 8.98. The van der Waals surface area contributed by atoms with E-state index in [9.17, 15) is 0 Å². The molecule has 0 spiro atoms. The highest BCUT2D eigenvalue weighted by atomic mass is 16.3. The van der Waals surface area contributed by atoms with E-state index < -0.39 is 0 Å². The Morgan fingerprint density at radius 3 is 2.62 bits per heavy atom. The number of aliphatic hydroxyl groups excluding tert-OH is 1. The monoisotopic (exact) mass is 225 g/mol. The normalized spacial score (nSPS) is 41.4. The smallest absolute Gasteiger partial charge is 0.0434 e. The van der Waals surface area contributed by atoms with Crippen LogP contribution in [-0.4, -0.2) is 35.7 Å². The van der Waals surface area contributed by atoms with Crippen LogP contribution in [0.25, 0.3) is 0 Å². The minimum atomic E-state index is 0.372. The molecule has 2 fully saturated rings. The summed E-state index contributed by atoms with van der Waals surface area (Å²) in [5.41, 5.74) is 0. The summed E-state index contributed by atoms with van der Waals surface area (Å²) in [4.78, 5) is 2.70. The van der Waals surface area contributed by atoms with Crippen molar-refractivity contribution in [3.63, 3.8) is 0 Å². The molecule has 2 rings (SSSR count). The van der Waals surface area contributed by atoms with Crippen LogP contribution in [0.2, 0.25) is 0 Å². The topological polar surface area (TPSA) is 23.5 Å². The lowest BCUT2D eigenvalue weighted by Crippen LogP contribution is -2.38. The molecule has 4 unspecified atom stereocenters. The fraction of sp³-hybridized carbons (Fsp3) is 1.00. The first-order chi connectivity index (χ1) is 7.70. The van der Waals surface area contributed by atoms with Crippen molar-refractivity contribution in [1.82, 2.24) is 4.90 Å². The zero-order valence-corrected chi connectivity index (χ0v) is 10.9. The Morgan fingerprint density at radius 1 is 1.12 bits per heavy atom. The molecule has 1 saturated carbocycles. The summed E-state index contributed by atoms with van der Waals surface area (Å²) in [6.45, 7) is 7.71. The van der Waals surface area contributed by atoms with Gasteiger partial charge >= 0.3 is 0 Å². The predicted octanol–water partition coefficient (Wildman–Crippen LogP) is 2.52. The lowest BCUT2D eigenvalue weighted by Gasteiger charge is -2.37. The van der Waals surface area contributed by atoms with Gasteiger partial charge in [0.1, 0.15) is 0 Å². The second-order valence-electron chi connectivity index (χ2n) is 6.08. The fourth-order valence-electron chi connectivity index (χ4n) is 3.46. The molecule has 2 aliphatic rings. The van der Waals surface area contributed by atoms with Gasteiger partial charge in [-0.05, 0) is 56.4 Å². The fourth-order valence-corrected chi connectivity index (χ4v) is 3.46. The molecule has 0 aromatic carbocycles. The number of aliphatic hydroxyl groups is 1. The van der Waals surface area contributed by atoms with Crippen LogP contribution in [0.4, 0.5) is 0 Å². The van der Waals surface area contributed by atoms with Gasteiger partial charge in [-0.3, -0.25) is 0 Å². The van der Waals surface area contributed by atoms with Crippen molar-refractivity contribution in [3.8, 4) is 0 Å². The molecule has 0 radical (unpaired) electrons. The van der Waals surface area contributed by atoms with E-state index in [0.717, 1.165) is 30.2 Å². The molecule has 0 bridgehead atoms. The molecular formula is C14H27NO. The first-order valence-corrected chi connectivity index (χ1v) is 7.05. The first-order valence-electron chi connectivity index (χ1n) is 7.05. The summed E-state index contributed by atoms with van der Waals surface area (Å²) in [5, 5.41) is 8.98. The zero-order valence-electron chi connectivity index (χ0n) is 10.9. The van der Waals surface area contributed by atoms with Gasteiger partial charge in [-0.25, -0.2) is 0 Å². The van der Waals surface area contributed by atoms with E-state index in [1.54, 1.807) is 0 Å². The number of hydrogen-bond acceptors (Lipinski definition) is 2. The second kappa shape index (κ2) is 5.50. The predicted molar refractivity (Wildman–Crippen MR) is 67.3 cm³/mol. The summed E-state index contributed by atoms with van der Waals surface area (Å²) >= 11 is 0. The highest BCUT2D eigenvalue weighted by Gasteiger charge is 2.32. The molecule has 2 nitrogen and oxygen atoms in total. The maximum atomic E-state index is 8.98. The third-order valence-corrected chi connectivity index (χ3v) is 4.94. The van der Waals surface area contributed by atoms with E-state index in [1.807, 2.05) is 0 Å². The lowest BCUT2D eigenvalue weighted by atomic mass is 9.78. The SMILES string of the molecule is CC1CCC(N2CCC(CCO)C2)CC1C. The zero-order chi connectivity index (χ0) is 11.5. The Kier molecular flexibility index (Phi) is 4.26. The van der Waals surface area contributed by atoms with E-state index in [0.29, 0.717) is 6.61 Å². The average Bonchev–Trinajstić information content (AvgIpc) is 2.71. The van der Waals surface area contributed by atoms with Crippen molar-refractivity contribution >= 4 is 0 Å². The van der Waals surface area contributed by atoms with Gasteiger partial charge in [0.05, 0.1) is 0 Å². The summed E-state index contributed by atoms with van der Waals surface area (Å²) < 4.78 is 0.